The van der Waals surface area contributed by atoms with Crippen molar-refractivity contribution in [1.82, 2.24) is 10.2 Å². The summed E-state index contributed by atoms with van der Waals surface area (Å²) < 4.78 is 5.13. The van der Waals surface area contributed by atoms with Gasteiger partial charge in [-0.05, 0) is 0 Å². The van der Waals surface area contributed by atoms with E-state index in [1.807, 2.05) is 44.2 Å². The van der Waals surface area contributed by atoms with E-state index in [2.05, 4.69) is 10.6 Å². The molecular weight excluding hydrogens is 436 g/mol. The molecule has 0 radical (unpaired) electrons. The standard InChI is InChI=1S/C17H19N3O5.C2H6.Rb/c21-14(11-20-16(23)6-7-17(20)24)18-8-9-25-12-15(22)19-10-13-4-2-1-3-5-13;1-2;/h1-7H,8-12H2,(H2,18,19,21,22);1-2H3;/q;;+1/p-1. The van der Waals surface area contributed by atoms with Gasteiger partial charge in [0.2, 0.25) is 5.91 Å². The maximum Gasteiger partial charge on any atom is 1.00 e. The van der Waals surface area contributed by atoms with Crippen LogP contribution in [0.3, 0.4) is 0 Å². The van der Waals surface area contributed by atoms with Crippen LogP contribution in [0.4, 0.5) is 0 Å². The molecule has 0 saturated carbocycles. The van der Waals surface area contributed by atoms with Gasteiger partial charge in [0.05, 0.1) is 19.1 Å². The molecule has 0 spiro atoms. The summed E-state index contributed by atoms with van der Waals surface area (Å²) in [5, 5.41) is 6.37. The van der Waals surface area contributed by atoms with Gasteiger partial charge >= 0.3 is 58.2 Å². The number of ether oxygens (including phenoxy) is 1. The van der Waals surface area contributed by atoms with Crippen LogP contribution in [0.15, 0.2) is 42.5 Å². The van der Waals surface area contributed by atoms with E-state index >= 15 is 0 Å². The molecular formula is C19H24N3O5Rb. The molecule has 0 atom stereocenters. The van der Waals surface area contributed by atoms with E-state index in [1.165, 1.54) is 0 Å². The number of hydrogen-bond donors (Lipinski definition) is 1. The largest absolute Gasteiger partial charge is 1.00 e. The Morgan fingerprint density at radius 3 is 2.29 bits per heavy atom. The summed E-state index contributed by atoms with van der Waals surface area (Å²) in [4.78, 5) is 46.6. The van der Waals surface area contributed by atoms with Gasteiger partial charge in [-0.3, -0.25) is 19.3 Å². The van der Waals surface area contributed by atoms with Gasteiger partial charge in [0, 0.05) is 18.7 Å². The van der Waals surface area contributed by atoms with Crippen molar-refractivity contribution in [3.05, 3.63) is 53.4 Å². The number of imide groups is 1. The van der Waals surface area contributed by atoms with Crippen molar-refractivity contribution in [2.75, 3.05) is 26.3 Å². The maximum atomic E-state index is 11.6. The van der Waals surface area contributed by atoms with Crippen molar-refractivity contribution in [3.63, 3.8) is 0 Å². The Kier molecular flexibility index (Phi) is 15.0. The Hall–Kier alpha value is -1.19. The molecule has 1 heterocycles. The normalized spacial score (nSPS) is 12.0. The summed E-state index contributed by atoms with van der Waals surface area (Å²) in [5.74, 6) is -1.88. The predicted molar refractivity (Wildman–Crippen MR) is 99.5 cm³/mol. The van der Waals surface area contributed by atoms with E-state index in [0.29, 0.717) is 6.54 Å². The molecule has 28 heavy (non-hydrogen) atoms. The van der Waals surface area contributed by atoms with Crippen LogP contribution < -0.4 is 63.5 Å². The molecule has 2 rings (SSSR count). The van der Waals surface area contributed by atoms with E-state index in [9.17, 15) is 19.2 Å². The first-order chi connectivity index (χ1) is 13.1. The van der Waals surface area contributed by atoms with Crippen LogP contribution in [-0.4, -0.2) is 54.8 Å². The number of hydrogen-bond acceptors (Lipinski definition) is 5. The van der Waals surface area contributed by atoms with Gasteiger partial charge in [0.1, 0.15) is 6.54 Å². The quantitative estimate of drug-likeness (QED) is 0.345. The predicted octanol–water partition coefficient (Wildman–Crippen LogP) is -1.83. The first-order valence-corrected chi connectivity index (χ1v) is 8.68. The molecule has 1 aromatic rings. The molecule has 0 aromatic heterocycles. The maximum absolute atomic E-state index is 11.6. The number of carbonyl (C=O) groups excluding carboxylic acids is 4. The SMILES string of the molecule is CC.O=C(COCCNC(=O)CN1C(=O)C=CC1=O)[N-]Cc1ccccc1.[Rb+]. The second-order valence-electron chi connectivity index (χ2n) is 5.19. The van der Waals surface area contributed by atoms with Crippen LogP contribution in [0, 0.1) is 0 Å². The first kappa shape index (κ1) is 26.8. The Morgan fingerprint density at radius 2 is 1.68 bits per heavy atom. The molecule has 1 aliphatic heterocycles. The first-order valence-electron chi connectivity index (χ1n) is 8.68. The summed E-state index contributed by atoms with van der Waals surface area (Å²) in [6, 6.07) is 9.37. The van der Waals surface area contributed by atoms with Crippen molar-refractivity contribution in [2.45, 2.75) is 20.4 Å². The molecule has 0 unspecified atom stereocenters. The summed E-state index contributed by atoms with van der Waals surface area (Å²) in [5.41, 5.74) is 0.934. The fourth-order valence-corrected chi connectivity index (χ4v) is 2.02. The van der Waals surface area contributed by atoms with Crippen molar-refractivity contribution in [3.8, 4) is 0 Å². The molecule has 0 bridgehead atoms. The van der Waals surface area contributed by atoms with Crippen molar-refractivity contribution in [2.24, 2.45) is 0 Å². The van der Waals surface area contributed by atoms with Gasteiger partial charge in [0.15, 0.2) is 0 Å². The van der Waals surface area contributed by atoms with E-state index in [0.717, 1.165) is 22.6 Å². The van der Waals surface area contributed by atoms with Gasteiger partial charge in [-0.2, -0.15) is 0 Å². The van der Waals surface area contributed by atoms with Crippen molar-refractivity contribution in [1.29, 1.82) is 0 Å². The molecule has 9 heteroatoms. The van der Waals surface area contributed by atoms with Crippen LogP contribution in [-0.2, 0) is 30.5 Å². The minimum absolute atomic E-state index is 0. The molecule has 1 N–H and O–H groups in total. The Morgan fingerprint density at radius 1 is 1.07 bits per heavy atom. The minimum atomic E-state index is -0.512. The summed E-state index contributed by atoms with van der Waals surface area (Å²) in [7, 11) is 0. The number of nitrogens with zero attached hydrogens (tertiary/aromatic N) is 2. The van der Waals surface area contributed by atoms with Crippen molar-refractivity contribution >= 4 is 23.6 Å². The number of carbonyl (C=O) groups is 4. The van der Waals surface area contributed by atoms with Gasteiger partial charge in [-0.15, -0.1) is 6.54 Å². The van der Waals surface area contributed by atoms with E-state index in [-0.39, 0.29) is 90.4 Å². The minimum Gasteiger partial charge on any atom is -0.648 e. The average Bonchev–Trinajstić information content (AvgIpc) is 3.00. The smallest absolute Gasteiger partial charge is 0.648 e. The van der Waals surface area contributed by atoms with Gasteiger partial charge < -0.3 is 20.2 Å². The number of rotatable bonds is 9. The third-order valence-corrected chi connectivity index (χ3v) is 3.28. The average molecular weight is 460 g/mol. The second kappa shape index (κ2) is 15.7. The van der Waals surface area contributed by atoms with E-state index < -0.39 is 17.7 Å². The fourth-order valence-electron chi connectivity index (χ4n) is 2.02. The zero-order valence-corrected chi connectivity index (χ0v) is 21.4. The van der Waals surface area contributed by atoms with Gasteiger partial charge in [-0.1, -0.05) is 49.7 Å². The molecule has 0 saturated heterocycles. The summed E-state index contributed by atoms with van der Waals surface area (Å²) >= 11 is 0. The van der Waals surface area contributed by atoms with Crippen molar-refractivity contribution < 1.29 is 82.1 Å². The molecule has 8 nitrogen and oxygen atoms in total. The molecule has 146 valence electrons. The Bertz CT molecular complexity index is 661. The third kappa shape index (κ3) is 10.4. The number of nitrogens with one attached hydrogen (secondary N) is 1. The number of benzene rings is 1. The molecule has 0 fully saturated rings. The molecule has 1 aromatic carbocycles. The third-order valence-electron chi connectivity index (χ3n) is 3.28. The topological polar surface area (TPSA) is 107 Å². The second-order valence-corrected chi connectivity index (χ2v) is 5.19. The van der Waals surface area contributed by atoms with Crippen LogP contribution in [0.2, 0.25) is 0 Å². The zero-order valence-electron chi connectivity index (χ0n) is 16.5. The van der Waals surface area contributed by atoms with Crippen LogP contribution >= 0.6 is 0 Å². The zero-order chi connectivity index (χ0) is 20.1. The van der Waals surface area contributed by atoms with Crippen LogP contribution in [0.1, 0.15) is 19.4 Å². The molecule has 0 aliphatic carbocycles. The fraction of sp³-hybridized carbons (Fsp3) is 0.368. The summed E-state index contributed by atoms with van der Waals surface area (Å²) in [6.45, 7) is 4.07. The van der Waals surface area contributed by atoms with Gasteiger partial charge in [0.25, 0.3) is 11.8 Å². The van der Waals surface area contributed by atoms with Crippen LogP contribution in [0.5, 0.6) is 0 Å². The Balaban J connectivity index is 0.00000235. The summed E-state index contributed by atoms with van der Waals surface area (Å²) in [6.07, 6.45) is 2.23. The van der Waals surface area contributed by atoms with E-state index in [4.69, 9.17) is 4.74 Å². The monoisotopic (exact) mass is 459 g/mol. The number of amides is 4. The van der Waals surface area contributed by atoms with Gasteiger partial charge in [-0.25, -0.2) is 0 Å². The van der Waals surface area contributed by atoms with E-state index in [1.54, 1.807) is 0 Å². The Labute approximate surface area is 213 Å². The van der Waals surface area contributed by atoms with Crippen LogP contribution in [0.25, 0.3) is 5.32 Å². The molecule has 1 aliphatic rings. The molecule has 4 amide bonds.